The molecule has 3 aromatic rings. The van der Waals surface area contributed by atoms with E-state index in [2.05, 4.69) is 35.0 Å². The number of benzene rings is 1. The maximum Gasteiger partial charge on any atom is 0.513 e. The number of rotatable bonds is 3. The Labute approximate surface area is 123 Å². The van der Waals surface area contributed by atoms with E-state index in [1.165, 1.54) is 0 Å². The first-order valence-electron chi connectivity index (χ1n) is 6.15. The number of aromatic amines is 1. The Kier molecular flexibility index (Phi) is 3.18. The third-order valence-electron chi connectivity index (χ3n) is 2.67. The van der Waals surface area contributed by atoms with E-state index in [1.807, 2.05) is 13.0 Å². The molecule has 0 radical (unpaired) electrons. The maximum absolute atomic E-state index is 10.5. The summed E-state index contributed by atoms with van der Waals surface area (Å²) in [6.07, 6.45) is -1.54. The average Bonchev–Trinajstić information content (AvgIpc) is 2.76. The van der Waals surface area contributed by atoms with E-state index >= 15 is 0 Å². The van der Waals surface area contributed by atoms with Gasteiger partial charge < -0.3 is 25.9 Å². The van der Waals surface area contributed by atoms with Crippen LogP contribution in [-0.2, 0) is 0 Å². The molecular weight excluding hydrogens is 290 g/mol. The molecule has 0 spiro atoms. The number of anilines is 3. The van der Waals surface area contributed by atoms with Crippen molar-refractivity contribution in [1.82, 2.24) is 24.9 Å². The third-order valence-corrected chi connectivity index (χ3v) is 2.67. The number of hydrogen-bond donors (Lipinski definition) is 4. The van der Waals surface area contributed by atoms with Gasteiger partial charge in [0.25, 0.3) is 0 Å². The predicted molar refractivity (Wildman–Crippen MR) is 77.0 cm³/mol. The molecule has 3 rings (SSSR count). The van der Waals surface area contributed by atoms with Crippen LogP contribution in [-0.4, -0.2) is 36.2 Å². The number of nitrogens with one attached hydrogen (secondary N) is 2. The Bertz CT molecular complexity index is 861. The molecule has 10 heteroatoms. The molecule has 22 heavy (non-hydrogen) atoms. The van der Waals surface area contributed by atoms with Crippen LogP contribution in [0.1, 0.15) is 5.82 Å². The summed E-state index contributed by atoms with van der Waals surface area (Å²) in [6, 6.07) is 5.02. The van der Waals surface area contributed by atoms with Gasteiger partial charge >= 0.3 is 12.2 Å². The smallest absolute Gasteiger partial charge is 0.449 e. The fraction of sp³-hybridized carbons (Fsp3) is 0.0833. The van der Waals surface area contributed by atoms with E-state index in [0.29, 0.717) is 5.69 Å². The predicted octanol–water partition coefficient (Wildman–Crippen LogP) is 1.44. The van der Waals surface area contributed by atoms with Crippen molar-refractivity contribution < 1.29 is 14.6 Å². The van der Waals surface area contributed by atoms with Crippen molar-refractivity contribution in [3.63, 3.8) is 0 Å². The second-order valence-electron chi connectivity index (χ2n) is 4.35. The Balaban J connectivity index is 1.90. The monoisotopic (exact) mass is 301 g/mol. The first-order chi connectivity index (χ1) is 10.5. The molecule has 0 aliphatic carbocycles. The second-order valence-corrected chi connectivity index (χ2v) is 4.35. The number of aromatic nitrogens is 5. The van der Waals surface area contributed by atoms with Crippen LogP contribution < -0.4 is 15.8 Å². The molecule has 0 bridgehead atoms. The van der Waals surface area contributed by atoms with E-state index < -0.39 is 12.2 Å². The number of H-pyrrole nitrogens is 1. The van der Waals surface area contributed by atoms with Crippen molar-refractivity contribution in [1.29, 1.82) is 0 Å². The van der Waals surface area contributed by atoms with Crippen molar-refractivity contribution in [2.24, 2.45) is 0 Å². The molecule has 10 nitrogen and oxygen atoms in total. The van der Waals surface area contributed by atoms with Crippen LogP contribution >= 0.6 is 0 Å². The van der Waals surface area contributed by atoms with Crippen LogP contribution in [0.3, 0.4) is 0 Å². The molecule has 0 unspecified atom stereocenters. The van der Waals surface area contributed by atoms with Crippen molar-refractivity contribution in [3.8, 4) is 6.01 Å². The van der Waals surface area contributed by atoms with Crippen molar-refractivity contribution in [3.05, 3.63) is 24.0 Å². The Morgan fingerprint density at radius 1 is 1.32 bits per heavy atom. The maximum atomic E-state index is 10.5. The molecule has 0 aliphatic rings. The van der Waals surface area contributed by atoms with Crippen molar-refractivity contribution in [2.75, 3.05) is 11.1 Å². The zero-order chi connectivity index (χ0) is 15.7. The summed E-state index contributed by atoms with van der Waals surface area (Å²) >= 11 is 0. The van der Waals surface area contributed by atoms with Gasteiger partial charge in [-0.25, -0.2) is 9.78 Å². The molecule has 0 amide bonds. The van der Waals surface area contributed by atoms with Gasteiger partial charge in [-0.2, -0.15) is 15.0 Å². The molecule has 0 saturated carbocycles. The molecule has 0 atom stereocenters. The molecule has 112 valence electrons. The first-order valence-corrected chi connectivity index (χ1v) is 6.15. The number of aryl methyl sites for hydroxylation is 1. The van der Waals surface area contributed by atoms with Gasteiger partial charge in [-0.15, -0.1) is 0 Å². The molecule has 2 heterocycles. The Morgan fingerprint density at radius 2 is 2.14 bits per heavy atom. The summed E-state index contributed by atoms with van der Waals surface area (Å²) in [5.41, 5.74) is 7.81. The highest BCUT2D eigenvalue weighted by Gasteiger charge is 2.10. The van der Waals surface area contributed by atoms with E-state index in [9.17, 15) is 4.79 Å². The van der Waals surface area contributed by atoms with Crippen LogP contribution in [0.15, 0.2) is 18.2 Å². The minimum Gasteiger partial charge on any atom is -0.449 e. The van der Waals surface area contributed by atoms with Gasteiger partial charge in [0.1, 0.15) is 5.82 Å². The number of imidazole rings is 1. The van der Waals surface area contributed by atoms with E-state index in [0.717, 1.165) is 16.9 Å². The molecule has 0 fully saturated rings. The fourth-order valence-corrected chi connectivity index (χ4v) is 1.89. The molecule has 1 aromatic carbocycles. The summed E-state index contributed by atoms with van der Waals surface area (Å²) < 4.78 is 4.36. The van der Waals surface area contributed by atoms with Crippen LogP contribution in [0.5, 0.6) is 6.01 Å². The number of nitrogen functional groups attached to an aromatic ring is 1. The number of nitrogens with zero attached hydrogens (tertiary/aromatic N) is 4. The Hall–Kier alpha value is -3.43. The lowest BCUT2D eigenvalue weighted by molar-refractivity contribution is 0.140. The van der Waals surface area contributed by atoms with Crippen LogP contribution in [0.4, 0.5) is 22.4 Å². The van der Waals surface area contributed by atoms with E-state index in [1.54, 1.807) is 12.1 Å². The first kappa shape index (κ1) is 13.5. The van der Waals surface area contributed by atoms with Crippen LogP contribution in [0.25, 0.3) is 11.0 Å². The highest BCUT2D eigenvalue weighted by atomic mass is 16.7. The van der Waals surface area contributed by atoms with E-state index in [4.69, 9.17) is 10.8 Å². The number of carboxylic acid groups (broad SMARTS) is 1. The summed E-state index contributed by atoms with van der Waals surface area (Å²) in [5.74, 6) is 0.703. The lowest BCUT2D eigenvalue weighted by atomic mass is 10.3. The Morgan fingerprint density at radius 3 is 2.91 bits per heavy atom. The SMILES string of the molecule is Cc1nc2cc(Nc3nc(N)nc(OC(=O)O)n3)ccc2[nH]1. The fourth-order valence-electron chi connectivity index (χ4n) is 1.89. The van der Waals surface area contributed by atoms with Gasteiger partial charge in [-0.1, -0.05) is 0 Å². The van der Waals surface area contributed by atoms with E-state index in [-0.39, 0.29) is 11.9 Å². The minimum absolute atomic E-state index is 0.0651. The summed E-state index contributed by atoms with van der Waals surface area (Å²) in [6.45, 7) is 1.86. The summed E-state index contributed by atoms with van der Waals surface area (Å²) in [4.78, 5) is 29.2. The standard InChI is InChI=1S/C12H11N7O3/c1-5-14-7-3-2-6(4-8(7)15-5)16-10-17-9(13)18-11(19-10)22-12(20)21/h2-4H,1H3,(H,14,15)(H,20,21)(H3,13,16,17,18,19). The number of hydrogen-bond acceptors (Lipinski definition) is 8. The number of fused-ring (bicyclic) bond motifs is 1. The molecule has 5 N–H and O–H groups in total. The summed E-state index contributed by atoms with van der Waals surface area (Å²) in [5, 5.41) is 11.5. The zero-order valence-corrected chi connectivity index (χ0v) is 11.4. The number of carbonyl (C=O) groups is 1. The highest BCUT2D eigenvalue weighted by Crippen LogP contribution is 2.20. The number of nitrogens with two attached hydrogens (primary N) is 1. The number of ether oxygens (including phenoxy) is 1. The van der Waals surface area contributed by atoms with Gasteiger partial charge in [0, 0.05) is 5.69 Å². The normalized spacial score (nSPS) is 10.6. The van der Waals surface area contributed by atoms with Crippen molar-refractivity contribution in [2.45, 2.75) is 6.92 Å². The topological polar surface area (TPSA) is 152 Å². The van der Waals surface area contributed by atoms with Crippen LogP contribution in [0.2, 0.25) is 0 Å². The second kappa shape index (κ2) is 5.16. The largest absolute Gasteiger partial charge is 0.513 e. The summed E-state index contributed by atoms with van der Waals surface area (Å²) in [7, 11) is 0. The van der Waals surface area contributed by atoms with Crippen molar-refractivity contribution >= 4 is 34.8 Å². The van der Waals surface area contributed by atoms with Gasteiger partial charge in [-0.3, -0.25) is 0 Å². The highest BCUT2D eigenvalue weighted by molar-refractivity contribution is 5.80. The zero-order valence-electron chi connectivity index (χ0n) is 11.4. The average molecular weight is 301 g/mol. The molecular formula is C12H11N7O3. The quantitative estimate of drug-likeness (QED) is 0.526. The minimum atomic E-state index is -1.54. The molecule has 0 aliphatic heterocycles. The molecule has 2 aromatic heterocycles. The lowest BCUT2D eigenvalue weighted by Crippen LogP contribution is -2.10. The van der Waals surface area contributed by atoms with Crippen LogP contribution in [0, 0.1) is 6.92 Å². The van der Waals surface area contributed by atoms with Gasteiger partial charge in [-0.05, 0) is 25.1 Å². The third kappa shape index (κ3) is 2.85. The molecule has 0 saturated heterocycles. The van der Waals surface area contributed by atoms with Gasteiger partial charge in [0.2, 0.25) is 11.9 Å². The lowest BCUT2D eigenvalue weighted by Gasteiger charge is -2.06. The van der Waals surface area contributed by atoms with Gasteiger partial charge in [0.15, 0.2) is 0 Å². The van der Waals surface area contributed by atoms with Gasteiger partial charge in [0.05, 0.1) is 11.0 Å².